The highest BCUT2D eigenvalue weighted by molar-refractivity contribution is 6.00. The van der Waals surface area contributed by atoms with Crippen LogP contribution in [-0.2, 0) is 17.4 Å². The van der Waals surface area contributed by atoms with Crippen molar-refractivity contribution in [3.05, 3.63) is 71.8 Å². The normalized spacial score (nSPS) is 13.0. The highest BCUT2D eigenvalue weighted by Crippen LogP contribution is 2.36. The average Bonchev–Trinajstić information content (AvgIpc) is 3.13. The smallest absolute Gasteiger partial charge is 0.121 e. The highest BCUT2D eigenvalue weighted by atomic mass is 15.5. The van der Waals surface area contributed by atoms with E-state index in [0.717, 1.165) is 28.7 Å². The van der Waals surface area contributed by atoms with Gasteiger partial charge in [0.15, 0.2) is 0 Å². The number of benzene rings is 3. The second-order valence-corrected chi connectivity index (χ2v) is 12.8. The van der Waals surface area contributed by atoms with E-state index in [4.69, 9.17) is 10.2 Å². The van der Waals surface area contributed by atoms with E-state index < -0.39 is 0 Å². The van der Waals surface area contributed by atoms with E-state index in [9.17, 15) is 0 Å². The van der Waals surface area contributed by atoms with E-state index >= 15 is 0 Å². The van der Waals surface area contributed by atoms with Crippen LogP contribution >= 0.6 is 0 Å². The van der Waals surface area contributed by atoms with Crippen LogP contribution in [0.5, 0.6) is 0 Å². The van der Waals surface area contributed by atoms with Crippen LogP contribution in [0.3, 0.4) is 0 Å². The molecular formula is C31H39N3. The molecule has 178 valence electrons. The Morgan fingerprint density at radius 1 is 0.529 bits per heavy atom. The number of nitrogens with zero attached hydrogens (tertiary/aromatic N) is 3. The van der Waals surface area contributed by atoms with Gasteiger partial charge in [-0.15, -0.1) is 0 Å². The van der Waals surface area contributed by atoms with Gasteiger partial charge in [-0.05, 0) is 38.5 Å². The topological polar surface area (TPSA) is 30.7 Å². The molecule has 0 bridgehead atoms. The summed E-state index contributed by atoms with van der Waals surface area (Å²) in [6.45, 7) is 20.9. The lowest BCUT2D eigenvalue weighted by atomic mass is 9.85. The minimum Gasteiger partial charge on any atom is -0.183 e. The molecule has 0 radical (unpaired) electrons. The molecule has 0 saturated heterocycles. The van der Waals surface area contributed by atoms with Crippen LogP contribution in [0.25, 0.3) is 33.3 Å². The largest absolute Gasteiger partial charge is 0.183 e. The van der Waals surface area contributed by atoms with Crippen molar-refractivity contribution in [2.75, 3.05) is 0 Å². The van der Waals surface area contributed by atoms with Crippen molar-refractivity contribution in [1.82, 2.24) is 15.0 Å². The summed E-state index contributed by atoms with van der Waals surface area (Å²) in [6.07, 6.45) is 0. The minimum atomic E-state index is 0.0953. The first-order valence-electron chi connectivity index (χ1n) is 12.3. The summed E-state index contributed by atoms with van der Waals surface area (Å²) in [6, 6.07) is 22.2. The van der Waals surface area contributed by atoms with E-state index in [1.807, 2.05) is 4.80 Å². The van der Waals surface area contributed by atoms with Crippen LogP contribution in [-0.4, -0.2) is 15.0 Å². The van der Waals surface area contributed by atoms with Gasteiger partial charge in [-0.1, -0.05) is 123 Å². The first-order valence-corrected chi connectivity index (χ1v) is 12.3. The fourth-order valence-electron chi connectivity index (χ4n) is 4.30. The zero-order valence-corrected chi connectivity index (χ0v) is 22.3. The number of hydrogen-bond acceptors (Lipinski definition) is 2. The van der Waals surface area contributed by atoms with Crippen molar-refractivity contribution in [3.8, 4) is 22.3 Å². The molecule has 0 saturated carbocycles. The van der Waals surface area contributed by atoms with E-state index in [1.165, 1.54) is 22.3 Å². The van der Waals surface area contributed by atoms with Crippen molar-refractivity contribution in [2.45, 2.75) is 79.7 Å². The Kier molecular flexibility index (Phi) is 5.96. The highest BCUT2D eigenvalue weighted by Gasteiger charge is 2.20. The van der Waals surface area contributed by atoms with Crippen LogP contribution in [0.15, 0.2) is 60.7 Å². The summed E-state index contributed by atoms with van der Waals surface area (Å²) in [5, 5.41) is 9.99. The molecule has 1 heterocycles. The summed E-state index contributed by atoms with van der Waals surface area (Å²) < 4.78 is 0. The Balaban J connectivity index is 1.86. The van der Waals surface area contributed by atoms with Crippen LogP contribution in [0.2, 0.25) is 0 Å². The van der Waals surface area contributed by atoms with Crippen LogP contribution in [0.1, 0.15) is 73.4 Å². The first-order chi connectivity index (χ1) is 15.7. The SMILES string of the molecule is CC(C)(C)Cn1nc2c(-c3ccc(C(C)(C)C)cc3)ccc(-c3ccc(C(C)(C)C)cc3)c2n1. The summed E-state index contributed by atoms with van der Waals surface area (Å²) >= 11 is 0. The van der Waals surface area contributed by atoms with Gasteiger partial charge in [0.2, 0.25) is 0 Å². The second kappa shape index (κ2) is 8.37. The third-order valence-corrected chi connectivity index (χ3v) is 6.32. The van der Waals surface area contributed by atoms with Gasteiger partial charge in [-0.2, -0.15) is 15.0 Å². The van der Waals surface area contributed by atoms with E-state index in [-0.39, 0.29) is 16.2 Å². The van der Waals surface area contributed by atoms with Gasteiger partial charge in [0, 0.05) is 11.1 Å². The number of rotatable bonds is 3. The maximum absolute atomic E-state index is 4.99. The fourth-order valence-corrected chi connectivity index (χ4v) is 4.30. The molecule has 0 spiro atoms. The van der Waals surface area contributed by atoms with Gasteiger partial charge in [0.1, 0.15) is 11.0 Å². The lowest BCUT2D eigenvalue weighted by molar-refractivity contribution is 0.305. The Morgan fingerprint density at radius 2 is 0.882 bits per heavy atom. The molecule has 3 aromatic carbocycles. The summed E-state index contributed by atoms with van der Waals surface area (Å²) in [5.41, 5.74) is 9.56. The first kappa shape index (κ1) is 24.2. The molecule has 4 aromatic rings. The number of hydrogen-bond donors (Lipinski definition) is 0. The standard InChI is InChI=1S/C31H39N3/c1-29(2,3)20-34-32-27-25(21-10-14-23(15-11-21)30(4,5)6)18-19-26(28(27)33-34)22-12-16-24(17-13-22)31(7,8)9/h10-19H,20H2,1-9H3. The molecule has 0 N–H and O–H groups in total. The maximum atomic E-state index is 4.99. The molecule has 3 nitrogen and oxygen atoms in total. The predicted octanol–water partition coefficient (Wildman–Crippen LogP) is 8.41. The third-order valence-electron chi connectivity index (χ3n) is 6.32. The van der Waals surface area contributed by atoms with E-state index in [1.54, 1.807) is 0 Å². The van der Waals surface area contributed by atoms with Crippen molar-refractivity contribution in [1.29, 1.82) is 0 Å². The van der Waals surface area contributed by atoms with Crippen molar-refractivity contribution >= 4 is 11.0 Å². The number of aromatic nitrogens is 3. The zero-order valence-electron chi connectivity index (χ0n) is 22.3. The summed E-state index contributed by atoms with van der Waals surface area (Å²) in [5.74, 6) is 0. The molecule has 0 atom stereocenters. The molecular weight excluding hydrogens is 414 g/mol. The Hall–Kier alpha value is -2.94. The average molecular weight is 454 g/mol. The van der Waals surface area contributed by atoms with Gasteiger partial charge in [0.05, 0.1) is 6.54 Å². The van der Waals surface area contributed by atoms with Crippen molar-refractivity contribution in [2.24, 2.45) is 5.41 Å². The van der Waals surface area contributed by atoms with Crippen molar-refractivity contribution in [3.63, 3.8) is 0 Å². The van der Waals surface area contributed by atoms with Gasteiger partial charge < -0.3 is 0 Å². The third kappa shape index (κ3) is 5.09. The molecule has 0 fully saturated rings. The Bertz CT molecular complexity index is 1190. The molecule has 1 aromatic heterocycles. The molecule has 0 aliphatic carbocycles. The fraction of sp³-hybridized carbons (Fsp3) is 0.419. The second-order valence-electron chi connectivity index (χ2n) is 12.8. The zero-order chi connectivity index (χ0) is 24.9. The molecule has 0 unspecified atom stereocenters. The lowest BCUT2D eigenvalue weighted by Crippen LogP contribution is -2.17. The van der Waals surface area contributed by atoms with Gasteiger partial charge in [-0.25, -0.2) is 0 Å². The summed E-state index contributed by atoms with van der Waals surface area (Å²) in [7, 11) is 0. The molecule has 3 heteroatoms. The van der Waals surface area contributed by atoms with E-state index in [2.05, 4.69) is 123 Å². The van der Waals surface area contributed by atoms with Crippen molar-refractivity contribution < 1.29 is 0 Å². The molecule has 34 heavy (non-hydrogen) atoms. The van der Waals surface area contributed by atoms with Crippen LogP contribution < -0.4 is 0 Å². The van der Waals surface area contributed by atoms with Gasteiger partial charge in [0.25, 0.3) is 0 Å². The molecule has 4 rings (SSSR count). The van der Waals surface area contributed by atoms with Gasteiger partial charge in [-0.3, -0.25) is 0 Å². The van der Waals surface area contributed by atoms with Crippen LogP contribution in [0, 0.1) is 5.41 Å². The lowest BCUT2D eigenvalue weighted by Gasteiger charge is -2.19. The van der Waals surface area contributed by atoms with Crippen LogP contribution in [0.4, 0.5) is 0 Å². The quantitative estimate of drug-likeness (QED) is 0.312. The monoisotopic (exact) mass is 453 g/mol. The maximum Gasteiger partial charge on any atom is 0.121 e. The minimum absolute atomic E-state index is 0.0953. The Morgan fingerprint density at radius 3 is 1.18 bits per heavy atom. The number of fused-ring (bicyclic) bond motifs is 1. The predicted molar refractivity (Wildman–Crippen MR) is 145 cm³/mol. The van der Waals surface area contributed by atoms with E-state index in [0.29, 0.717) is 0 Å². The molecule has 0 aliphatic rings. The molecule has 0 amide bonds. The Labute approximate surface area is 205 Å². The molecule has 0 aliphatic heterocycles. The van der Waals surface area contributed by atoms with Gasteiger partial charge >= 0.3 is 0 Å². The summed E-state index contributed by atoms with van der Waals surface area (Å²) in [4.78, 5) is 1.88.